The zero-order valence-electron chi connectivity index (χ0n) is 12.2. The van der Waals surface area contributed by atoms with Gasteiger partial charge >= 0.3 is 0 Å². The lowest BCUT2D eigenvalue weighted by molar-refractivity contribution is 0.0945. The zero-order chi connectivity index (χ0) is 14.3. The third kappa shape index (κ3) is 4.93. The molecule has 1 rings (SSSR count). The molecule has 0 aromatic heterocycles. The Hall–Kier alpha value is -1.51. The number of phenolic OH excluding ortho intramolecular Hbond substituents is 1. The molecule has 0 aliphatic carbocycles. The molecule has 1 aromatic carbocycles. The molecule has 106 valence electrons. The Morgan fingerprint density at radius 2 is 2.11 bits per heavy atom. The van der Waals surface area contributed by atoms with Crippen molar-refractivity contribution in [2.45, 2.75) is 46.5 Å². The second kappa shape index (κ2) is 7.82. The summed E-state index contributed by atoms with van der Waals surface area (Å²) in [5.41, 5.74) is 1.45. The first-order chi connectivity index (χ1) is 9.08. The molecule has 0 radical (unpaired) electrons. The molecule has 1 aromatic rings. The number of aryl methyl sites for hydroxylation is 1. The average molecular weight is 263 g/mol. The molecule has 0 bridgehead atoms. The maximum atomic E-state index is 12.1. The summed E-state index contributed by atoms with van der Waals surface area (Å²) < 4.78 is 0. The van der Waals surface area contributed by atoms with E-state index in [-0.39, 0.29) is 11.7 Å². The van der Waals surface area contributed by atoms with Crippen molar-refractivity contribution in [1.82, 2.24) is 5.32 Å². The van der Waals surface area contributed by atoms with Crippen LogP contribution in [0, 0.1) is 12.8 Å². The molecular formula is C16H25NO2. The normalized spacial score (nSPS) is 12.2. The number of rotatable bonds is 7. The maximum absolute atomic E-state index is 12.1. The summed E-state index contributed by atoms with van der Waals surface area (Å²) in [7, 11) is 0. The fourth-order valence-corrected chi connectivity index (χ4v) is 2.18. The quantitative estimate of drug-likeness (QED) is 0.789. The Morgan fingerprint density at radius 3 is 2.68 bits per heavy atom. The molecule has 3 heteroatoms. The smallest absolute Gasteiger partial charge is 0.251 e. The van der Waals surface area contributed by atoms with Gasteiger partial charge < -0.3 is 10.4 Å². The van der Waals surface area contributed by atoms with Crippen molar-refractivity contribution in [2.24, 2.45) is 5.92 Å². The van der Waals surface area contributed by atoms with Gasteiger partial charge in [-0.15, -0.1) is 0 Å². The molecule has 2 N–H and O–H groups in total. The fourth-order valence-electron chi connectivity index (χ4n) is 2.18. The Morgan fingerprint density at radius 1 is 1.37 bits per heavy atom. The standard InChI is InChI=1S/C16H25NO2/c1-4-6-7-13(5-2)11-17-16(19)15-9-8-14(18)10-12(15)3/h8-10,13,18H,4-7,11H2,1-3H3,(H,17,19). The molecule has 0 aliphatic heterocycles. The van der Waals surface area contributed by atoms with Crippen LogP contribution in [0.25, 0.3) is 0 Å². The summed E-state index contributed by atoms with van der Waals surface area (Å²) in [6.45, 7) is 6.92. The highest BCUT2D eigenvalue weighted by molar-refractivity contribution is 5.95. The second-order valence-electron chi connectivity index (χ2n) is 5.13. The number of benzene rings is 1. The molecular weight excluding hydrogens is 238 g/mol. The molecule has 0 saturated heterocycles. The summed E-state index contributed by atoms with van der Waals surface area (Å²) in [5.74, 6) is 0.706. The molecule has 1 amide bonds. The van der Waals surface area contributed by atoms with Crippen molar-refractivity contribution in [2.75, 3.05) is 6.54 Å². The summed E-state index contributed by atoms with van der Waals surface area (Å²) in [5, 5.41) is 12.3. The van der Waals surface area contributed by atoms with E-state index in [1.807, 2.05) is 6.92 Å². The van der Waals surface area contributed by atoms with E-state index in [9.17, 15) is 9.90 Å². The first kappa shape index (κ1) is 15.5. The van der Waals surface area contributed by atoms with Crippen LogP contribution in [0.1, 0.15) is 55.5 Å². The number of nitrogens with one attached hydrogen (secondary N) is 1. The van der Waals surface area contributed by atoms with Gasteiger partial charge in [-0.3, -0.25) is 4.79 Å². The molecule has 3 nitrogen and oxygen atoms in total. The first-order valence-corrected chi connectivity index (χ1v) is 7.16. The highest BCUT2D eigenvalue weighted by atomic mass is 16.3. The predicted octanol–water partition coefficient (Wildman–Crippen LogP) is 3.65. The number of carbonyl (C=O) groups excluding carboxylic acids is 1. The minimum Gasteiger partial charge on any atom is -0.508 e. The van der Waals surface area contributed by atoms with Gasteiger partial charge in [0.25, 0.3) is 5.91 Å². The monoisotopic (exact) mass is 263 g/mol. The molecule has 0 spiro atoms. The van der Waals surface area contributed by atoms with E-state index >= 15 is 0 Å². The van der Waals surface area contributed by atoms with Gasteiger partial charge in [-0.2, -0.15) is 0 Å². The van der Waals surface area contributed by atoms with E-state index in [1.54, 1.807) is 18.2 Å². The lowest BCUT2D eigenvalue weighted by atomic mass is 9.99. The zero-order valence-corrected chi connectivity index (χ0v) is 12.2. The van der Waals surface area contributed by atoms with Gasteiger partial charge in [-0.25, -0.2) is 0 Å². The lowest BCUT2D eigenvalue weighted by Gasteiger charge is -2.16. The Labute approximate surface area is 116 Å². The van der Waals surface area contributed by atoms with E-state index in [0.29, 0.717) is 11.5 Å². The van der Waals surface area contributed by atoms with Crippen molar-refractivity contribution < 1.29 is 9.90 Å². The van der Waals surface area contributed by atoms with E-state index < -0.39 is 0 Å². The van der Waals surface area contributed by atoms with Crippen LogP contribution >= 0.6 is 0 Å². The molecule has 19 heavy (non-hydrogen) atoms. The topological polar surface area (TPSA) is 49.3 Å². The SMILES string of the molecule is CCCCC(CC)CNC(=O)c1ccc(O)cc1C. The summed E-state index contributed by atoms with van der Waals surface area (Å²) in [4.78, 5) is 12.1. The minimum atomic E-state index is -0.0487. The third-order valence-corrected chi connectivity index (χ3v) is 3.55. The molecule has 0 aliphatic rings. The van der Waals surface area contributed by atoms with Gasteiger partial charge in [0, 0.05) is 12.1 Å². The van der Waals surface area contributed by atoms with Gasteiger partial charge in [0.05, 0.1) is 0 Å². The van der Waals surface area contributed by atoms with Crippen molar-refractivity contribution in [1.29, 1.82) is 0 Å². The number of carbonyl (C=O) groups is 1. The summed E-state index contributed by atoms with van der Waals surface area (Å²) in [6.07, 6.45) is 4.67. The Balaban J connectivity index is 2.54. The van der Waals surface area contributed by atoms with Crippen LogP contribution in [-0.4, -0.2) is 17.6 Å². The van der Waals surface area contributed by atoms with Crippen molar-refractivity contribution >= 4 is 5.91 Å². The highest BCUT2D eigenvalue weighted by Gasteiger charge is 2.12. The van der Waals surface area contributed by atoms with Crippen LogP contribution in [0.4, 0.5) is 0 Å². The van der Waals surface area contributed by atoms with Gasteiger partial charge in [0.15, 0.2) is 0 Å². The number of hydrogen-bond donors (Lipinski definition) is 2. The molecule has 0 heterocycles. The van der Waals surface area contributed by atoms with Crippen LogP contribution in [0.2, 0.25) is 0 Å². The van der Waals surface area contributed by atoms with Gasteiger partial charge in [0.1, 0.15) is 5.75 Å². The summed E-state index contributed by atoms with van der Waals surface area (Å²) >= 11 is 0. The predicted molar refractivity (Wildman–Crippen MR) is 78.5 cm³/mol. The first-order valence-electron chi connectivity index (χ1n) is 7.16. The minimum absolute atomic E-state index is 0.0487. The molecule has 0 saturated carbocycles. The maximum Gasteiger partial charge on any atom is 0.251 e. The van der Waals surface area contributed by atoms with Gasteiger partial charge in [-0.1, -0.05) is 33.1 Å². The Kier molecular flexibility index (Phi) is 6.40. The van der Waals surface area contributed by atoms with E-state index in [0.717, 1.165) is 18.5 Å². The number of aromatic hydroxyl groups is 1. The van der Waals surface area contributed by atoms with Crippen LogP contribution in [0.5, 0.6) is 5.75 Å². The largest absolute Gasteiger partial charge is 0.508 e. The lowest BCUT2D eigenvalue weighted by Crippen LogP contribution is -2.29. The number of hydrogen-bond acceptors (Lipinski definition) is 2. The van der Waals surface area contributed by atoms with Crippen molar-refractivity contribution in [3.8, 4) is 5.75 Å². The molecule has 1 unspecified atom stereocenters. The highest BCUT2D eigenvalue weighted by Crippen LogP contribution is 2.16. The van der Waals surface area contributed by atoms with E-state index in [1.165, 1.54) is 19.3 Å². The number of amides is 1. The van der Waals surface area contributed by atoms with Crippen LogP contribution in [0.15, 0.2) is 18.2 Å². The van der Waals surface area contributed by atoms with Crippen LogP contribution in [0.3, 0.4) is 0 Å². The number of unbranched alkanes of at least 4 members (excludes halogenated alkanes) is 1. The van der Waals surface area contributed by atoms with E-state index in [2.05, 4.69) is 19.2 Å². The molecule has 0 fully saturated rings. The third-order valence-electron chi connectivity index (χ3n) is 3.55. The fraction of sp³-hybridized carbons (Fsp3) is 0.562. The Bertz CT molecular complexity index is 415. The van der Waals surface area contributed by atoms with Crippen molar-refractivity contribution in [3.63, 3.8) is 0 Å². The molecule has 1 atom stereocenters. The van der Waals surface area contributed by atoms with E-state index in [4.69, 9.17) is 0 Å². The van der Waals surface area contributed by atoms with Gasteiger partial charge in [-0.05, 0) is 43.0 Å². The average Bonchev–Trinajstić information content (AvgIpc) is 2.38. The number of phenols is 1. The van der Waals surface area contributed by atoms with Crippen molar-refractivity contribution in [3.05, 3.63) is 29.3 Å². The van der Waals surface area contributed by atoms with Crippen LogP contribution in [-0.2, 0) is 0 Å². The van der Waals surface area contributed by atoms with Crippen LogP contribution < -0.4 is 5.32 Å². The van der Waals surface area contributed by atoms with Gasteiger partial charge in [0.2, 0.25) is 0 Å². The second-order valence-corrected chi connectivity index (χ2v) is 5.13. The summed E-state index contributed by atoms with van der Waals surface area (Å²) in [6, 6.07) is 4.84.